The molecule has 0 fully saturated rings. The first-order valence-corrected chi connectivity index (χ1v) is 21.0. The zero-order valence-electron chi connectivity index (χ0n) is 30.6. The number of allylic oxidation sites excluding steroid dienone is 4. The Bertz CT molecular complexity index is 1820. The van der Waals surface area contributed by atoms with Gasteiger partial charge in [-0.05, 0) is 0 Å². The Kier molecular flexibility index (Phi) is 11.9. The number of rotatable bonds is 6. The number of halogens is 2. The van der Waals surface area contributed by atoms with Gasteiger partial charge in [-0.25, -0.2) is 0 Å². The summed E-state index contributed by atoms with van der Waals surface area (Å²) in [6, 6.07) is 31.8. The Labute approximate surface area is 311 Å². The van der Waals surface area contributed by atoms with Crippen LogP contribution in [-0.2, 0) is 38.5 Å². The minimum Gasteiger partial charge on any atom is -0.147 e. The van der Waals surface area contributed by atoms with E-state index >= 15 is 0 Å². The summed E-state index contributed by atoms with van der Waals surface area (Å²) in [6.07, 6.45) is 9.29. The van der Waals surface area contributed by atoms with E-state index < -0.39 is 21.3 Å². The van der Waals surface area contributed by atoms with Crippen LogP contribution >= 0.6 is 24.8 Å². The fourth-order valence-corrected chi connectivity index (χ4v) is 15.0. The van der Waals surface area contributed by atoms with E-state index in [4.69, 9.17) is 0 Å². The van der Waals surface area contributed by atoms with Crippen molar-refractivity contribution >= 4 is 31.3 Å². The van der Waals surface area contributed by atoms with Gasteiger partial charge in [0, 0.05) is 0 Å². The minimum absolute atomic E-state index is 0. The molecule has 4 aromatic carbocycles. The third kappa shape index (κ3) is 7.70. The molecule has 0 radical (unpaired) electrons. The van der Waals surface area contributed by atoms with E-state index in [2.05, 4.69) is 166 Å². The van der Waals surface area contributed by atoms with Crippen molar-refractivity contribution in [2.24, 2.45) is 0 Å². The van der Waals surface area contributed by atoms with Crippen molar-refractivity contribution in [2.45, 2.75) is 105 Å². The first-order valence-electron chi connectivity index (χ1n) is 17.3. The quantitative estimate of drug-likeness (QED) is 0.162. The molecule has 0 saturated carbocycles. The molecule has 0 aliphatic heterocycles. The number of fused-ring (bicyclic) bond motifs is 3. The average molecular weight is 757 g/mol. The van der Waals surface area contributed by atoms with Crippen LogP contribution in [0.15, 0.2) is 100 Å². The Balaban J connectivity index is 0.00000260. The molecular formula is C45H54Cl2Zr. The molecular weight excluding hydrogens is 703 g/mol. The van der Waals surface area contributed by atoms with Crippen LogP contribution in [0.4, 0.5) is 0 Å². The SMILES string of the molecule is CC(C)c1ccc([C](c2ccc(C(C)C)cc2)=[Zr]([C]2=CC=CC2)[c]2cc(C(C)(C)C)cc3c2Cc2ccc(C(C)(C)C)cc2-3)cc1.Cl.Cl. The smallest absolute Gasteiger partial charge is 0.147 e. The summed E-state index contributed by atoms with van der Waals surface area (Å²) in [6.45, 7) is 23.4. The van der Waals surface area contributed by atoms with Gasteiger partial charge < -0.3 is 0 Å². The predicted molar refractivity (Wildman–Crippen MR) is 212 cm³/mol. The molecule has 0 unspecified atom stereocenters. The van der Waals surface area contributed by atoms with Crippen LogP contribution in [0.1, 0.15) is 132 Å². The van der Waals surface area contributed by atoms with Gasteiger partial charge >= 0.3 is 288 Å². The molecule has 0 bridgehead atoms. The van der Waals surface area contributed by atoms with Gasteiger partial charge in [-0.1, -0.05) is 0 Å². The Morgan fingerprint density at radius 2 is 1.15 bits per heavy atom. The topological polar surface area (TPSA) is 0 Å². The van der Waals surface area contributed by atoms with E-state index in [1.165, 1.54) is 50.1 Å². The van der Waals surface area contributed by atoms with Gasteiger partial charge in [0.25, 0.3) is 0 Å². The average Bonchev–Trinajstić information content (AvgIpc) is 3.67. The summed E-state index contributed by atoms with van der Waals surface area (Å²) in [4.78, 5) is 0. The summed E-state index contributed by atoms with van der Waals surface area (Å²) in [5.74, 6) is 1.04. The van der Waals surface area contributed by atoms with Gasteiger partial charge in [0.05, 0.1) is 0 Å². The van der Waals surface area contributed by atoms with Crippen LogP contribution < -0.4 is 3.27 Å². The molecule has 6 rings (SSSR count). The molecule has 0 heterocycles. The molecule has 0 aromatic heterocycles. The molecule has 4 aromatic rings. The first kappa shape index (κ1) is 38.5. The van der Waals surface area contributed by atoms with Gasteiger partial charge in [0.15, 0.2) is 0 Å². The first-order chi connectivity index (χ1) is 21.7. The zero-order chi connectivity index (χ0) is 33.0. The van der Waals surface area contributed by atoms with Crippen LogP contribution in [0.2, 0.25) is 0 Å². The predicted octanol–water partition coefficient (Wildman–Crippen LogP) is 12.3. The van der Waals surface area contributed by atoms with E-state index in [1.807, 2.05) is 0 Å². The largest absolute Gasteiger partial charge is 0.147 e. The Morgan fingerprint density at radius 1 is 0.625 bits per heavy atom. The third-order valence-corrected chi connectivity index (χ3v) is 17.7. The molecule has 0 saturated heterocycles. The van der Waals surface area contributed by atoms with Crippen LogP contribution in [0, 0.1) is 0 Å². The summed E-state index contributed by atoms with van der Waals surface area (Å²) in [5.41, 5.74) is 14.7. The number of benzene rings is 4. The third-order valence-electron chi connectivity index (χ3n) is 10.1. The number of hydrogen-bond donors (Lipinski definition) is 0. The van der Waals surface area contributed by atoms with Crippen molar-refractivity contribution in [1.29, 1.82) is 0 Å². The Hall–Kier alpha value is -2.31. The summed E-state index contributed by atoms with van der Waals surface area (Å²) in [7, 11) is 0. The monoisotopic (exact) mass is 754 g/mol. The van der Waals surface area contributed by atoms with Gasteiger partial charge in [0.1, 0.15) is 0 Å². The summed E-state index contributed by atoms with van der Waals surface area (Å²) in [5, 5.41) is 0. The molecule has 0 amide bonds. The van der Waals surface area contributed by atoms with Crippen molar-refractivity contribution < 1.29 is 21.3 Å². The molecule has 2 aliphatic carbocycles. The summed E-state index contributed by atoms with van der Waals surface area (Å²) >= 11 is -2.75. The standard InChI is InChI=1S/C21H25.C19H22.C5H5.2ClH.Zr/c1-20(2,3)16-9-7-14-11-15-8-10-17(21(4,5)6)13-19(15)18(14)12-16;1-14(2)18-9-5-16(6-10-18)13-17-7-11-19(12-8-17)15(3)4;1-2-4-5-3-1;;;/h7,9-10,12-13H,11H2,1-6H3;5-12,14-15H,1-4H3;1-3H,4H2;2*1H;. The second-order valence-corrected chi connectivity index (χ2v) is 22.2. The Morgan fingerprint density at radius 3 is 1.60 bits per heavy atom. The minimum atomic E-state index is -2.75. The second-order valence-electron chi connectivity index (χ2n) is 16.2. The molecule has 252 valence electrons. The molecule has 0 atom stereocenters. The van der Waals surface area contributed by atoms with Gasteiger partial charge in [0.2, 0.25) is 0 Å². The van der Waals surface area contributed by atoms with Gasteiger partial charge in [-0.3, -0.25) is 0 Å². The zero-order valence-corrected chi connectivity index (χ0v) is 34.7. The van der Waals surface area contributed by atoms with Crippen molar-refractivity contribution in [3.63, 3.8) is 0 Å². The van der Waals surface area contributed by atoms with E-state index in [-0.39, 0.29) is 35.6 Å². The molecule has 3 heteroatoms. The maximum absolute atomic E-state index is 2.75. The van der Waals surface area contributed by atoms with E-state index in [0.29, 0.717) is 11.8 Å². The molecule has 0 N–H and O–H groups in total. The van der Waals surface area contributed by atoms with Gasteiger partial charge in [-0.15, -0.1) is 24.8 Å². The van der Waals surface area contributed by atoms with Crippen molar-refractivity contribution in [2.75, 3.05) is 0 Å². The number of hydrogen-bond acceptors (Lipinski definition) is 0. The van der Waals surface area contributed by atoms with Crippen LogP contribution in [0.25, 0.3) is 11.1 Å². The maximum Gasteiger partial charge on any atom is -0.147 e. The fourth-order valence-electron chi connectivity index (χ4n) is 7.02. The van der Waals surface area contributed by atoms with Crippen LogP contribution in [0.5, 0.6) is 0 Å². The fraction of sp³-hybridized carbons (Fsp3) is 0.356. The molecule has 0 spiro atoms. The van der Waals surface area contributed by atoms with Crippen molar-refractivity contribution in [1.82, 2.24) is 0 Å². The van der Waals surface area contributed by atoms with Crippen LogP contribution in [0.3, 0.4) is 0 Å². The van der Waals surface area contributed by atoms with Gasteiger partial charge in [-0.2, -0.15) is 0 Å². The van der Waals surface area contributed by atoms with E-state index in [1.54, 1.807) is 15.3 Å². The second kappa shape index (κ2) is 14.9. The van der Waals surface area contributed by atoms with E-state index in [0.717, 1.165) is 12.8 Å². The van der Waals surface area contributed by atoms with Crippen molar-refractivity contribution in [3.05, 3.63) is 145 Å². The summed E-state index contributed by atoms with van der Waals surface area (Å²) < 4.78 is 4.96. The molecule has 2 aliphatic rings. The van der Waals surface area contributed by atoms with Crippen molar-refractivity contribution in [3.8, 4) is 11.1 Å². The van der Waals surface area contributed by atoms with Crippen LogP contribution in [-0.4, -0.2) is 3.21 Å². The van der Waals surface area contributed by atoms with E-state index in [9.17, 15) is 0 Å². The molecule has 48 heavy (non-hydrogen) atoms. The maximum atomic E-state index is 2.66. The normalized spacial score (nSPS) is 13.5. The molecule has 0 nitrogen and oxygen atoms in total.